The number of thiol groups is 1. The lowest BCUT2D eigenvalue weighted by Gasteiger charge is -2.26. The van der Waals surface area contributed by atoms with Crippen LogP contribution < -0.4 is 0 Å². The molecular formula is C15H24S. The molecule has 0 atom stereocenters. The van der Waals surface area contributed by atoms with Crippen LogP contribution >= 0.6 is 11.4 Å². The summed E-state index contributed by atoms with van der Waals surface area (Å²) in [5, 5.41) is 0. The fourth-order valence-corrected chi connectivity index (χ4v) is 2.32. The molecule has 90 valence electrons. The molecule has 0 saturated carbocycles. The van der Waals surface area contributed by atoms with Crippen LogP contribution in [-0.2, 0) is 10.2 Å². The minimum absolute atomic E-state index is 0.153. The van der Waals surface area contributed by atoms with Crippen LogP contribution in [0.5, 0.6) is 0 Å². The molecule has 0 radical (unpaired) electrons. The summed E-state index contributed by atoms with van der Waals surface area (Å²) >= 11 is 1.17. The normalized spacial score (nSPS) is 12.9. The van der Waals surface area contributed by atoms with Gasteiger partial charge in [-0.15, -0.1) is 0 Å². The smallest absolute Gasteiger partial charge is 0.0272 e. The Balaban J connectivity index is 3.25. The van der Waals surface area contributed by atoms with Gasteiger partial charge in [0.1, 0.15) is 0 Å². The molecule has 0 aromatic heterocycles. The van der Waals surface area contributed by atoms with Crippen molar-refractivity contribution in [3.63, 3.8) is 0 Å². The van der Waals surface area contributed by atoms with Crippen molar-refractivity contribution in [2.75, 3.05) is 0 Å². The number of hydrogen-bond acceptors (Lipinski definition) is 0. The first-order valence-corrected chi connectivity index (χ1v) is 6.86. The summed E-state index contributed by atoms with van der Waals surface area (Å²) in [6.45, 7) is 13.5. The van der Waals surface area contributed by atoms with Crippen LogP contribution in [0.1, 0.15) is 51.3 Å². The molecule has 0 nitrogen and oxygen atoms in total. The molecule has 0 fully saturated rings. The third-order valence-corrected chi connectivity index (χ3v) is 4.18. The van der Waals surface area contributed by atoms with E-state index in [1.807, 2.05) is 0 Å². The van der Waals surface area contributed by atoms with Gasteiger partial charge in [-0.25, -0.2) is 0 Å². The van der Waals surface area contributed by atoms with Gasteiger partial charge in [-0.3, -0.25) is 0 Å². The molecule has 16 heavy (non-hydrogen) atoms. The molecule has 0 aliphatic rings. The predicted octanol–water partition coefficient (Wildman–Crippen LogP) is 4.43. The zero-order valence-corrected chi connectivity index (χ0v) is 12.3. The van der Waals surface area contributed by atoms with Crippen LogP contribution in [0.3, 0.4) is 0 Å². The van der Waals surface area contributed by atoms with E-state index < -0.39 is 0 Å². The van der Waals surface area contributed by atoms with Gasteiger partial charge < -0.3 is 0 Å². The van der Waals surface area contributed by atoms with E-state index in [1.165, 1.54) is 28.0 Å². The summed E-state index contributed by atoms with van der Waals surface area (Å²) in [5.41, 5.74) is 4.44. The number of hydrogen-bond donors (Lipinski definition) is 1. The second-order valence-electron chi connectivity index (χ2n) is 6.00. The molecule has 0 saturated heterocycles. The lowest BCUT2D eigenvalue weighted by atomic mass is 9.84. The fraction of sp³-hybridized carbons (Fsp3) is 0.533. The molecule has 0 unspecified atom stereocenters. The zero-order chi connectivity index (χ0) is 12.6. The first-order valence-electron chi connectivity index (χ1n) is 5.78. The third kappa shape index (κ3) is 2.76. The van der Waals surface area contributed by atoms with Gasteiger partial charge in [0.05, 0.1) is 0 Å². The van der Waals surface area contributed by atoms with E-state index in [4.69, 9.17) is 0 Å². The highest BCUT2D eigenvalue weighted by Crippen LogP contribution is 2.34. The van der Waals surface area contributed by atoms with Gasteiger partial charge in [0.25, 0.3) is 0 Å². The van der Waals surface area contributed by atoms with Crippen molar-refractivity contribution >= 4 is 17.2 Å². The monoisotopic (exact) mass is 236 g/mol. The van der Waals surface area contributed by atoms with Crippen molar-refractivity contribution in [3.05, 3.63) is 34.9 Å². The molecule has 0 heterocycles. The fourth-order valence-electron chi connectivity index (χ4n) is 1.90. The molecule has 0 amide bonds. The summed E-state index contributed by atoms with van der Waals surface area (Å²) in [7, 11) is 0. The number of benzene rings is 1. The summed E-state index contributed by atoms with van der Waals surface area (Å²) < 4.78 is 0.153. The Morgan fingerprint density at radius 3 is 2.00 bits per heavy atom. The standard InChI is InChI=1S/C15H24S/c1-11-10-12(14(2,3)4)8-9-13(11)15(5,6)16-7/h8-10,16H,7H2,1-6H3. The predicted molar refractivity (Wildman–Crippen MR) is 79.0 cm³/mol. The van der Waals surface area contributed by atoms with Crippen LogP contribution in [-0.4, -0.2) is 5.87 Å². The Morgan fingerprint density at radius 1 is 1.06 bits per heavy atom. The molecule has 1 heteroatoms. The lowest BCUT2D eigenvalue weighted by Crippen LogP contribution is -2.15. The van der Waals surface area contributed by atoms with Crippen LogP contribution in [0.4, 0.5) is 0 Å². The van der Waals surface area contributed by atoms with Gasteiger partial charge in [0.2, 0.25) is 0 Å². The van der Waals surface area contributed by atoms with Crippen LogP contribution in [0.15, 0.2) is 18.2 Å². The molecule has 0 N–H and O–H groups in total. The van der Waals surface area contributed by atoms with Gasteiger partial charge in [-0.1, -0.05) is 44.8 Å². The third-order valence-electron chi connectivity index (χ3n) is 3.15. The van der Waals surface area contributed by atoms with E-state index in [-0.39, 0.29) is 10.2 Å². The Morgan fingerprint density at radius 2 is 1.62 bits per heavy atom. The Kier molecular flexibility index (Phi) is 3.69. The molecule has 0 bridgehead atoms. The van der Waals surface area contributed by atoms with Crippen molar-refractivity contribution in [2.24, 2.45) is 0 Å². The lowest BCUT2D eigenvalue weighted by molar-refractivity contribution is 0.588. The topological polar surface area (TPSA) is 0 Å². The van der Waals surface area contributed by atoms with Crippen molar-refractivity contribution in [1.29, 1.82) is 0 Å². The number of aryl methyl sites for hydroxylation is 1. The minimum atomic E-state index is 0.153. The van der Waals surface area contributed by atoms with Gasteiger partial charge in [0, 0.05) is 4.75 Å². The van der Waals surface area contributed by atoms with E-state index in [1.54, 1.807) is 0 Å². The molecule has 1 rings (SSSR count). The van der Waals surface area contributed by atoms with Crippen LogP contribution in [0.2, 0.25) is 0 Å². The summed E-state index contributed by atoms with van der Waals surface area (Å²) in [4.78, 5) is 0. The SMILES string of the molecule is C=[SH]C(C)(C)c1ccc(C(C)(C)C)cc1C. The molecule has 0 aliphatic carbocycles. The Bertz CT molecular complexity index is 394. The highest BCUT2D eigenvalue weighted by atomic mass is 32.1. The van der Waals surface area contributed by atoms with E-state index >= 15 is 0 Å². The van der Waals surface area contributed by atoms with Crippen molar-refractivity contribution in [3.8, 4) is 0 Å². The number of rotatable bonds is 2. The van der Waals surface area contributed by atoms with E-state index in [9.17, 15) is 0 Å². The van der Waals surface area contributed by atoms with Crippen molar-refractivity contribution in [2.45, 2.75) is 51.7 Å². The highest BCUT2D eigenvalue weighted by Gasteiger charge is 2.20. The Hall–Kier alpha value is -0.560. The average molecular weight is 236 g/mol. The maximum Gasteiger partial charge on any atom is 0.0272 e. The van der Waals surface area contributed by atoms with Gasteiger partial charge in [-0.2, -0.15) is 11.4 Å². The summed E-state index contributed by atoms with van der Waals surface area (Å²) in [5.74, 6) is 4.02. The molecule has 1 aromatic carbocycles. The van der Waals surface area contributed by atoms with Gasteiger partial charge >= 0.3 is 0 Å². The van der Waals surface area contributed by atoms with Gasteiger partial charge in [-0.05, 0) is 42.9 Å². The maximum atomic E-state index is 4.02. The summed E-state index contributed by atoms with van der Waals surface area (Å²) in [6, 6.07) is 6.85. The van der Waals surface area contributed by atoms with Crippen LogP contribution in [0, 0.1) is 6.92 Å². The first kappa shape index (κ1) is 13.5. The average Bonchev–Trinajstić information content (AvgIpc) is 2.16. The first-order chi connectivity index (χ1) is 7.18. The molecule has 0 aliphatic heterocycles. The van der Waals surface area contributed by atoms with Crippen molar-refractivity contribution < 1.29 is 0 Å². The summed E-state index contributed by atoms with van der Waals surface area (Å²) in [6.07, 6.45) is 0. The van der Waals surface area contributed by atoms with Gasteiger partial charge in [0.15, 0.2) is 0 Å². The van der Waals surface area contributed by atoms with Crippen molar-refractivity contribution in [1.82, 2.24) is 0 Å². The highest BCUT2D eigenvalue weighted by molar-refractivity contribution is 7.97. The molecular weight excluding hydrogens is 212 g/mol. The minimum Gasteiger partial charge on any atom is -0.197 e. The second kappa shape index (κ2) is 4.37. The van der Waals surface area contributed by atoms with E-state index in [2.05, 4.69) is 65.6 Å². The zero-order valence-electron chi connectivity index (χ0n) is 11.4. The quantitative estimate of drug-likeness (QED) is 0.570. The largest absolute Gasteiger partial charge is 0.197 e. The Labute approximate surface area is 104 Å². The van der Waals surface area contributed by atoms with E-state index in [0.29, 0.717) is 0 Å². The maximum absolute atomic E-state index is 4.02. The van der Waals surface area contributed by atoms with E-state index in [0.717, 1.165) is 0 Å². The molecule has 1 aromatic rings. The molecule has 0 spiro atoms. The van der Waals surface area contributed by atoms with Crippen LogP contribution in [0.25, 0.3) is 0 Å². The second-order valence-corrected chi connectivity index (χ2v) is 7.43.